The number of amides is 1. The number of hydrogen-bond acceptors (Lipinski definition) is 3. The summed E-state index contributed by atoms with van der Waals surface area (Å²) in [6, 6.07) is 3.56. The minimum absolute atomic E-state index is 0.00226. The van der Waals surface area contributed by atoms with Gasteiger partial charge in [0.15, 0.2) is 0 Å². The van der Waals surface area contributed by atoms with E-state index in [1.165, 1.54) is 19.2 Å². The third-order valence-corrected chi connectivity index (χ3v) is 4.70. The number of H-pyrrole nitrogens is 1. The Hall–Kier alpha value is -2.51. The minimum atomic E-state index is -0.605. The molecular weight excluding hydrogens is 318 g/mol. The van der Waals surface area contributed by atoms with Crippen molar-refractivity contribution in [2.75, 3.05) is 6.54 Å². The Labute approximate surface area is 136 Å². The van der Waals surface area contributed by atoms with E-state index in [9.17, 15) is 18.4 Å². The maximum Gasteiger partial charge on any atom is 0.343 e. The number of rotatable bonds is 5. The Kier molecular flexibility index (Phi) is 4.21. The van der Waals surface area contributed by atoms with E-state index < -0.39 is 23.2 Å². The highest BCUT2D eigenvalue weighted by atomic mass is 19.1. The van der Waals surface area contributed by atoms with Crippen molar-refractivity contribution in [3.8, 4) is 0 Å². The van der Waals surface area contributed by atoms with E-state index in [2.05, 4.69) is 15.5 Å². The van der Waals surface area contributed by atoms with Gasteiger partial charge in [0.1, 0.15) is 11.6 Å². The molecule has 1 saturated carbocycles. The van der Waals surface area contributed by atoms with Crippen molar-refractivity contribution in [2.24, 2.45) is 12.5 Å². The van der Waals surface area contributed by atoms with E-state index in [4.69, 9.17) is 0 Å². The molecule has 8 heteroatoms. The molecule has 3 rings (SSSR count). The molecule has 2 aromatic rings. The summed E-state index contributed by atoms with van der Waals surface area (Å²) in [5.74, 6) is -1.63. The van der Waals surface area contributed by atoms with Crippen molar-refractivity contribution in [1.82, 2.24) is 20.1 Å². The molecule has 24 heavy (non-hydrogen) atoms. The number of hydrogen-bond donors (Lipinski definition) is 2. The molecule has 0 spiro atoms. The predicted molar refractivity (Wildman–Crippen MR) is 82.5 cm³/mol. The van der Waals surface area contributed by atoms with Gasteiger partial charge < -0.3 is 5.32 Å². The van der Waals surface area contributed by atoms with Gasteiger partial charge in [-0.1, -0.05) is 12.5 Å². The maximum atomic E-state index is 13.9. The molecular formula is C16H18F2N4O2. The zero-order chi connectivity index (χ0) is 17.3. The zero-order valence-electron chi connectivity index (χ0n) is 13.2. The summed E-state index contributed by atoms with van der Waals surface area (Å²) >= 11 is 0. The van der Waals surface area contributed by atoms with Crippen LogP contribution in [0.3, 0.4) is 0 Å². The molecule has 1 aliphatic rings. The van der Waals surface area contributed by atoms with Gasteiger partial charge in [0.25, 0.3) is 5.91 Å². The Morgan fingerprint density at radius 2 is 2.17 bits per heavy atom. The predicted octanol–water partition coefficient (Wildman–Crippen LogP) is 1.53. The molecule has 1 aliphatic carbocycles. The smallest absolute Gasteiger partial charge is 0.343 e. The van der Waals surface area contributed by atoms with E-state index in [0.717, 1.165) is 29.9 Å². The molecule has 0 aliphatic heterocycles. The lowest BCUT2D eigenvalue weighted by molar-refractivity contribution is 0.0845. The summed E-state index contributed by atoms with van der Waals surface area (Å²) in [4.78, 5) is 23.5. The number of halogens is 2. The highest BCUT2D eigenvalue weighted by molar-refractivity contribution is 5.90. The van der Waals surface area contributed by atoms with Gasteiger partial charge in [0, 0.05) is 19.7 Å². The molecule has 1 aromatic carbocycles. The summed E-state index contributed by atoms with van der Waals surface area (Å²) in [5.41, 5.74) is -0.270. The fourth-order valence-corrected chi connectivity index (χ4v) is 3.06. The molecule has 0 unspecified atom stereocenters. The van der Waals surface area contributed by atoms with Gasteiger partial charge in [-0.25, -0.2) is 18.7 Å². The fraction of sp³-hybridized carbons (Fsp3) is 0.438. The minimum Gasteiger partial charge on any atom is -0.349 e. The third kappa shape index (κ3) is 3.08. The molecule has 0 bridgehead atoms. The first-order valence-electron chi connectivity index (χ1n) is 7.74. The van der Waals surface area contributed by atoms with Gasteiger partial charge in [-0.3, -0.25) is 9.36 Å². The highest BCUT2D eigenvalue weighted by Gasteiger charge is 2.38. The first-order chi connectivity index (χ1) is 11.4. The fourth-order valence-electron chi connectivity index (χ4n) is 3.06. The molecule has 2 N–H and O–H groups in total. The Bertz CT molecular complexity index is 824. The van der Waals surface area contributed by atoms with Gasteiger partial charge in [0.05, 0.1) is 0 Å². The van der Waals surface area contributed by atoms with Crippen LogP contribution < -0.4 is 11.0 Å². The Morgan fingerprint density at radius 1 is 1.42 bits per heavy atom. The number of nitrogens with zero attached hydrogens (tertiary/aromatic N) is 2. The monoisotopic (exact) mass is 336 g/mol. The van der Waals surface area contributed by atoms with E-state index >= 15 is 0 Å². The molecule has 0 atom stereocenters. The Balaban J connectivity index is 1.69. The quantitative estimate of drug-likeness (QED) is 0.869. The normalized spacial score (nSPS) is 15.8. The SMILES string of the molecule is Cn1c(C(=O)NCC2(Cc3ccc(F)cc3F)CCC2)n[nH]c1=O. The first-order valence-corrected chi connectivity index (χ1v) is 7.74. The molecule has 0 saturated heterocycles. The van der Waals surface area contributed by atoms with Crippen LogP contribution in [0.2, 0.25) is 0 Å². The van der Waals surface area contributed by atoms with Crippen molar-refractivity contribution in [3.63, 3.8) is 0 Å². The van der Waals surface area contributed by atoms with Gasteiger partial charge in [0.2, 0.25) is 5.82 Å². The summed E-state index contributed by atoms with van der Waals surface area (Å²) < 4.78 is 28.0. The van der Waals surface area contributed by atoms with Crippen molar-refractivity contribution >= 4 is 5.91 Å². The number of nitrogens with one attached hydrogen (secondary N) is 2. The van der Waals surface area contributed by atoms with Gasteiger partial charge >= 0.3 is 5.69 Å². The van der Waals surface area contributed by atoms with Crippen molar-refractivity contribution in [3.05, 3.63) is 51.7 Å². The second-order valence-corrected chi connectivity index (χ2v) is 6.36. The van der Waals surface area contributed by atoms with Crippen LogP contribution in [0.25, 0.3) is 0 Å². The summed E-state index contributed by atoms with van der Waals surface area (Å²) in [6.45, 7) is 0.351. The van der Waals surface area contributed by atoms with Crippen LogP contribution in [-0.2, 0) is 13.5 Å². The molecule has 1 amide bonds. The zero-order valence-corrected chi connectivity index (χ0v) is 13.2. The first kappa shape index (κ1) is 16.4. The van der Waals surface area contributed by atoms with E-state index in [1.54, 1.807) is 0 Å². The topological polar surface area (TPSA) is 79.8 Å². The lowest BCUT2D eigenvalue weighted by atomic mass is 9.65. The van der Waals surface area contributed by atoms with Gasteiger partial charge in [-0.05, 0) is 36.3 Å². The van der Waals surface area contributed by atoms with Crippen LogP contribution in [0.1, 0.15) is 35.4 Å². The van der Waals surface area contributed by atoms with Crippen LogP contribution in [0.15, 0.2) is 23.0 Å². The van der Waals surface area contributed by atoms with Crippen LogP contribution >= 0.6 is 0 Å². The van der Waals surface area contributed by atoms with Crippen molar-refractivity contribution < 1.29 is 13.6 Å². The number of aromatic amines is 1. The Morgan fingerprint density at radius 3 is 2.71 bits per heavy atom. The standard InChI is InChI=1S/C16H18F2N4O2/c1-22-13(20-21-15(22)24)14(23)19-9-16(5-2-6-16)8-10-3-4-11(17)7-12(10)18/h3-4,7H,2,5-6,8-9H2,1H3,(H,19,23)(H,21,24). The number of benzene rings is 1. The molecule has 6 nitrogen and oxygen atoms in total. The van der Waals surface area contributed by atoms with Crippen LogP contribution in [0, 0.1) is 17.0 Å². The maximum absolute atomic E-state index is 13.9. The van der Waals surface area contributed by atoms with Crippen LogP contribution in [-0.4, -0.2) is 27.2 Å². The lowest BCUT2D eigenvalue weighted by Crippen LogP contribution is -2.44. The van der Waals surface area contributed by atoms with E-state index in [1.807, 2.05) is 0 Å². The molecule has 0 radical (unpaired) electrons. The van der Waals surface area contributed by atoms with Gasteiger partial charge in [-0.2, -0.15) is 0 Å². The largest absolute Gasteiger partial charge is 0.349 e. The third-order valence-electron chi connectivity index (χ3n) is 4.70. The van der Waals surface area contributed by atoms with E-state index in [-0.39, 0.29) is 11.2 Å². The summed E-state index contributed by atoms with van der Waals surface area (Å²) in [5, 5.41) is 8.66. The van der Waals surface area contributed by atoms with E-state index in [0.29, 0.717) is 18.5 Å². The number of carbonyl (C=O) groups is 1. The average molecular weight is 336 g/mol. The highest BCUT2D eigenvalue weighted by Crippen LogP contribution is 2.43. The molecule has 1 heterocycles. The molecule has 1 aromatic heterocycles. The van der Waals surface area contributed by atoms with Crippen LogP contribution in [0.5, 0.6) is 0 Å². The molecule has 1 fully saturated rings. The van der Waals surface area contributed by atoms with Gasteiger partial charge in [-0.15, -0.1) is 5.10 Å². The summed E-state index contributed by atoms with van der Waals surface area (Å²) in [6.07, 6.45) is 3.13. The number of carbonyl (C=O) groups excluding carboxylic acids is 1. The van der Waals surface area contributed by atoms with Crippen molar-refractivity contribution in [1.29, 1.82) is 0 Å². The molecule has 128 valence electrons. The summed E-state index contributed by atoms with van der Waals surface area (Å²) in [7, 11) is 1.45. The second kappa shape index (κ2) is 6.18. The average Bonchev–Trinajstić information content (AvgIpc) is 2.83. The number of aromatic nitrogens is 3. The van der Waals surface area contributed by atoms with Crippen LogP contribution in [0.4, 0.5) is 8.78 Å². The van der Waals surface area contributed by atoms with Crippen molar-refractivity contribution in [2.45, 2.75) is 25.7 Å². The second-order valence-electron chi connectivity index (χ2n) is 6.36. The lowest BCUT2D eigenvalue weighted by Gasteiger charge is -2.42.